The molecule has 0 aliphatic heterocycles. The van der Waals surface area contributed by atoms with Gasteiger partial charge in [0.2, 0.25) is 0 Å². The normalized spacial score (nSPS) is 11.9. The van der Waals surface area contributed by atoms with Crippen LogP contribution in [0.4, 0.5) is 0 Å². The Bertz CT molecular complexity index is 1620. The Morgan fingerprint density at radius 3 is 2.75 bits per heavy atom. The number of benzene rings is 2. The number of ether oxygens (including phenoxy) is 2. The van der Waals surface area contributed by atoms with Crippen LogP contribution < -0.4 is 9.47 Å². The lowest BCUT2D eigenvalue weighted by molar-refractivity contribution is 0.301. The molecular formula is C25H20Cl2N4O4S. The second kappa shape index (κ2) is 10.6. The summed E-state index contributed by atoms with van der Waals surface area (Å²) in [5.41, 5.74) is 2.42. The van der Waals surface area contributed by atoms with Crippen LogP contribution in [-0.2, 0) is 22.2 Å². The Morgan fingerprint density at radius 2 is 2.03 bits per heavy atom. The molecule has 2 aromatic carbocycles. The number of hydrogen-bond acceptors (Lipinski definition) is 7. The van der Waals surface area contributed by atoms with Crippen LogP contribution in [0.2, 0.25) is 5.02 Å². The van der Waals surface area contributed by atoms with Gasteiger partial charge in [0.1, 0.15) is 36.3 Å². The van der Waals surface area contributed by atoms with Crippen molar-refractivity contribution in [2.75, 3.05) is 6.26 Å². The van der Waals surface area contributed by atoms with Crippen molar-refractivity contribution in [2.45, 2.75) is 19.3 Å². The van der Waals surface area contributed by atoms with E-state index in [0.29, 0.717) is 22.2 Å². The third-order valence-electron chi connectivity index (χ3n) is 4.97. The van der Waals surface area contributed by atoms with Gasteiger partial charge in [-0.25, -0.2) is 18.4 Å². The number of fused-ring (bicyclic) bond motifs is 1. The molecule has 0 spiro atoms. The maximum atomic E-state index is 11.5. The van der Waals surface area contributed by atoms with Crippen molar-refractivity contribution >= 4 is 43.9 Å². The molecule has 0 bridgehead atoms. The second-order valence-corrected chi connectivity index (χ2v) is 11.1. The van der Waals surface area contributed by atoms with E-state index in [1.165, 1.54) is 12.5 Å². The molecule has 36 heavy (non-hydrogen) atoms. The van der Waals surface area contributed by atoms with Gasteiger partial charge in [0.05, 0.1) is 26.8 Å². The predicted molar refractivity (Wildman–Crippen MR) is 138 cm³/mol. The largest absolute Gasteiger partial charge is 0.487 e. The minimum atomic E-state index is -3.23. The van der Waals surface area contributed by atoms with Gasteiger partial charge < -0.3 is 14.0 Å². The van der Waals surface area contributed by atoms with E-state index in [9.17, 15) is 13.7 Å². The zero-order chi connectivity index (χ0) is 25.9. The first-order chi connectivity index (χ1) is 17.1. The lowest BCUT2D eigenvalue weighted by atomic mass is 10.2. The lowest BCUT2D eigenvalue weighted by Crippen LogP contribution is -2.07. The lowest BCUT2D eigenvalue weighted by Gasteiger charge is -2.12. The topological polar surface area (TPSA) is 107 Å². The minimum Gasteiger partial charge on any atom is -0.487 e. The quantitative estimate of drug-likeness (QED) is 0.268. The number of aromatic nitrogens is 3. The molecule has 0 saturated heterocycles. The summed E-state index contributed by atoms with van der Waals surface area (Å²) in [7, 11) is -3.23. The molecule has 2 aromatic heterocycles. The van der Waals surface area contributed by atoms with Crippen LogP contribution in [0.15, 0.2) is 66.2 Å². The Labute approximate surface area is 218 Å². The first-order valence-electron chi connectivity index (χ1n) is 10.6. The fourth-order valence-electron chi connectivity index (χ4n) is 3.48. The molecule has 4 rings (SSSR count). The summed E-state index contributed by atoms with van der Waals surface area (Å²) in [5, 5.41) is 11.2. The van der Waals surface area contributed by atoms with Crippen LogP contribution >= 0.6 is 23.2 Å². The van der Waals surface area contributed by atoms with E-state index in [2.05, 4.69) is 16.0 Å². The molecule has 0 saturated carbocycles. The standard InChI is InChI=1S/C25H20Cl2N4O4S/c1-16(26)13-35-25-18(12-28)9-20(11-22(25)27)31-8-6-17-10-21(3-4-23(17)31)34-14-19-5-7-29-24(30-19)15-36(2,32)33/h3-11,13H,14-15H2,1-2H3/b16-13-. The number of hydrogen-bond donors (Lipinski definition) is 0. The Hall–Kier alpha value is -3.58. The third-order valence-corrected chi connectivity index (χ3v) is 6.12. The molecule has 0 aliphatic carbocycles. The van der Waals surface area contributed by atoms with Crippen molar-refractivity contribution in [1.82, 2.24) is 14.5 Å². The number of sulfone groups is 1. The molecule has 2 heterocycles. The summed E-state index contributed by atoms with van der Waals surface area (Å²) < 4.78 is 36.2. The molecule has 0 atom stereocenters. The Balaban J connectivity index is 1.56. The van der Waals surface area contributed by atoms with Gasteiger partial charge in [0.25, 0.3) is 0 Å². The maximum Gasteiger partial charge on any atom is 0.163 e. The second-order valence-electron chi connectivity index (χ2n) is 7.97. The van der Waals surface area contributed by atoms with Crippen molar-refractivity contribution in [2.24, 2.45) is 0 Å². The number of nitriles is 1. The van der Waals surface area contributed by atoms with Gasteiger partial charge in [-0.15, -0.1) is 0 Å². The van der Waals surface area contributed by atoms with E-state index in [4.69, 9.17) is 32.7 Å². The van der Waals surface area contributed by atoms with Crippen LogP contribution in [0.25, 0.3) is 16.6 Å². The highest BCUT2D eigenvalue weighted by molar-refractivity contribution is 7.89. The third kappa shape index (κ3) is 6.15. The van der Waals surface area contributed by atoms with Gasteiger partial charge in [0, 0.05) is 29.7 Å². The van der Waals surface area contributed by atoms with Gasteiger partial charge in [0.15, 0.2) is 15.6 Å². The van der Waals surface area contributed by atoms with Gasteiger partial charge in [-0.05, 0) is 49.4 Å². The van der Waals surface area contributed by atoms with Gasteiger partial charge in [-0.1, -0.05) is 23.2 Å². The van der Waals surface area contributed by atoms with Crippen LogP contribution in [-0.4, -0.2) is 29.2 Å². The first kappa shape index (κ1) is 25.5. The van der Waals surface area contributed by atoms with E-state index < -0.39 is 9.84 Å². The highest BCUT2D eigenvalue weighted by atomic mass is 35.5. The van der Waals surface area contributed by atoms with Crippen molar-refractivity contribution in [3.8, 4) is 23.3 Å². The number of nitrogens with zero attached hydrogens (tertiary/aromatic N) is 4. The fourth-order valence-corrected chi connectivity index (χ4v) is 4.39. The average molecular weight is 543 g/mol. The summed E-state index contributed by atoms with van der Waals surface area (Å²) in [4.78, 5) is 8.25. The molecule has 0 amide bonds. The summed E-state index contributed by atoms with van der Waals surface area (Å²) in [6.45, 7) is 1.81. The SMILES string of the molecule is C/C(Cl)=C/Oc1c(Cl)cc(-n2ccc3cc(OCc4ccnc(CS(C)(=O)=O)n4)ccc32)cc1C#N. The van der Waals surface area contributed by atoms with Gasteiger partial charge in [-0.2, -0.15) is 5.26 Å². The van der Waals surface area contributed by atoms with Crippen molar-refractivity contribution in [3.05, 3.63) is 88.3 Å². The summed E-state index contributed by atoms with van der Waals surface area (Å²) in [6.07, 6.45) is 5.84. The average Bonchev–Trinajstić information content (AvgIpc) is 3.24. The number of rotatable bonds is 8. The monoisotopic (exact) mass is 542 g/mol. The predicted octanol–water partition coefficient (Wildman–Crippen LogP) is 5.55. The molecular weight excluding hydrogens is 523 g/mol. The van der Waals surface area contributed by atoms with Crippen LogP contribution in [0.3, 0.4) is 0 Å². The van der Waals surface area contributed by atoms with Crippen molar-refractivity contribution in [3.63, 3.8) is 0 Å². The van der Waals surface area contributed by atoms with E-state index in [-0.39, 0.29) is 34.5 Å². The van der Waals surface area contributed by atoms with E-state index in [0.717, 1.165) is 17.2 Å². The first-order valence-corrected chi connectivity index (χ1v) is 13.4. The molecule has 184 valence electrons. The molecule has 0 fully saturated rings. The minimum absolute atomic E-state index is 0.157. The van der Waals surface area contributed by atoms with E-state index >= 15 is 0 Å². The highest BCUT2D eigenvalue weighted by Crippen LogP contribution is 2.34. The van der Waals surface area contributed by atoms with E-state index in [1.807, 2.05) is 35.0 Å². The highest BCUT2D eigenvalue weighted by Gasteiger charge is 2.14. The Morgan fingerprint density at radius 1 is 1.22 bits per heavy atom. The van der Waals surface area contributed by atoms with Gasteiger partial charge in [-0.3, -0.25) is 0 Å². The molecule has 0 N–H and O–H groups in total. The summed E-state index contributed by atoms with van der Waals surface area (Å²) >= 11 is 12.2. The maximum absolute atomic E-state index is 11.5. The van der Waals surface area contributed by atoms with Crippen LogP contribution in [0.5, 0.6) is 11.5 Å². The zero-order valence-electron chi connectivity index (χ0n) is 19.3. The number of allylic oxidation sites excluding steroid dienone is 1. The van der Waals surface area contributed by atoms with Crippen LogP contribution in [0, 0.1) is 11.3 Å². The fraction of sp³-hybridized carbons (Fsp3) is 0.160. The Kier molecular flexibility index (Phi) is 7.50. The van der Waals surface area contributed by atoms with Crippen molar-refractivity contribution < 1.29 is 17.9 Å². The number of halogens is 2. The molecule has 0 radical (unpaired) electrons. The van der Waals surface area contributed by atoms with Crippen LogP contribution in [0.1, 0.15) is 24.0 Å². The van der Waals surface area contributed by atoms with E-state index in [1.54, 1.807) is 25.1 Å². The molecule has 0 aliphatic rings. The molecule has 4 aromatic rings. The molecule has 11 heteroatoms. The summed E-state index contributed by atoms with van der Waals surface area (Å²) in [5.74, 6) is 0.853. The summed E-state index contributed by atoms with van der Waals surface area (Å²) in [6, 6.07) is 14.7. The smallest absolute Gasteiger partial charge is 0.163 e. The van der Waals surface area contributed by atoms with Gasteiger partial charge >= 0.3 is 0 Å². The molecule has 0 unspecified atom stereocenters. The molecule has 8 nitrogen and oxygen atoms in total. The van der Waals surface area contributed by atoms with Crippen molar-refractivity contribution in [1.29, 1.82) is 5.26 Å². The zero-order valence-corrected chi connectivity index (χ0v) is 21.6.